The zero-order valence-corrected chi connectivity index (χ0v) is 11.3. The van der Waals surface area contributed by atoms with Crippen molar-refractivity contribution in [1.29, 1.82) is 0 Å². The Hall–Kier alpha value is -1.74. The van der Waals surface area contributed by atoms with Gasteiger partial charge in [0.2, 0.25) is 5.82 Å². The van der Waals surface area contributed by atoms with Crippen LogP contribution in [0.1, 0.15) is 19.7 Å². The molecule has 1 N–H and O–H groups in total. The number of aromatic nitrogens is 2. The van der Waals surface area contributed by atoms with Crippen LogP contribution in [0.2, 0.25) is 0 Å². The number of nitrogens with one attached hydrogen (secondary N) is 1. The summed E-state index contributed by atoms with van der Waals surface area (Å²) in [6, 6.07) is 1.06. The Morgan fingerprint density at radius 2 is 1.71 bits per heavy atom. The van der Waals surface area contributed by atoms with E-state index in [9.17, 15) is 26.3 Å². The molecule has 0 amide bonds. The Labute approximate surface area is 117 Å². The van der Waals surface area contributed by atoms with Crippen LogP contribution in [-0.4, -0.2) is 35.8 Å². The molecule has 1 aromatic heterocycles. The second kappa shape index (κ2) is 6.35. The number of hydrogen-bond donors (Lipinski definition) is 1. The molecule has 1 rings (SSSR count). The molecule has 0 bridgehead atoms. The summed E-state index contributed by atoms with van der Waals surface area (Å²) >= 11 is 0. The molecule has 120 valence electrons. The van der Waals surface area contributed by atoms with E-state index in [4.69, 9.17) is 0 Å². The minimum absolute atomic E-state index is 0.139. The molecule has 4 nitrogen and oxygen atoms in total. The Kier molecular flexibility index (Phi) is 5.24. The molecule has 0 aliphatic heterocycles. The first kappa shape index (κ1) is 17.3. The number of hydrogen-bond acceptors (Lipinski definition) is 4. The van der Waals surface area contributed by atoms with Gasteiger partial charge in [-0.1, -0.05) is 0 Å². The van der Waals surface area contributed by atoms with E-state index in [1.165, 1.54) is 6.92 Å². The fourth-order valence-electron chi connectivity index (χ4n) is 1.57. The maximum Gasteiger partial charge on any atom is 0.451 e. The van der Waals surface area contributed by atoms with Crippen molar-refractivity contribution in [2.45, 2.75) is 26.2 Å². The van der Waals surface area contributed by atoms with Crippen molar-refractivity contribution < 1.29 is 26.3 Å². The lowest BCUT2D eigenvalue weighted by Crippen LogP contribution is -2.35. The number of anilines is 2. The predicted octanol–water partition coefficient (Wildman–Crippen LogP) is 3.32. The van der Waals surface area contributed by atoms with Crippen LogP contribution in [0.5, 0.6) is 0 Å². The Morgan fingerprint density at radius 1 is 1.10 bits per heavy atom. The van der Waals surface area contributed by atoms with Gasteiger partial charge in [-0.25, -0.2) is 9.97 Å². The van der Waals surface area contributed by atoms with Crippen LogP contribution in [0.25, 0.3) is 0 Å². The molecule has 0 aromatic carbocycles. The van der Waals surface area contributed by atoms with E-state index in [1.54, 1.807) is 6.92 Å². The van der Waals surface area contributed by atoms with Gasteiger partial charge >= 0.3 is 12.4 Å². The van der Waals surface area contributed by atoms with Gasteiger partial charge in [0.05, 0.1) is 0 Å². The molecular weight excluding hydrogens is 302 g/mol. The molecule has 0 radical (unpaired) electrons. The van der Waals surface area contributed by atoms with Gasteiger partial charge in [0, 0.05) is 19.2 Å². The zero-order valence-electron chi connectivity index (χ0n) is 11.3. The number of nitrogens with zero attached hydrogens (tertiary/aromatic N) is 3. The van der Waals surface area contributed by atoms with Crippen molar-refractivity contribution in [1.82, 2.24) is 9.97 Å². The van der Waals surface area contributed by atoms with Gasteiger partial charge < -0.3 is 10.2 Å². The van der Waals surface area contributed by atoms with Gasteiger partial charge in [0.25, 0.3) is 0 Å². The molecule has 0 spiro atoms. The largest absolute Gasteiger partial charge is 0.451 e. The molecule has 0 aliphatic carbocycles. The third kappa shape index (κ3) is 5.27. The first-order chi connectivity index (χ1) is 9.56. The van der Waals surface area contributed by atoms with Crippen LogP contribution in [-0.2, 0) is 6.18 Å². The lowest BCUT2D eigenvalue weighted by Gasteiger charge is -2.24. The third-order valence-corrected chi connectivity index (χ3v) is 2.40. The Bertz CT molecular complexity index is 471. The normalized spacial score (nSPS) is 12.4. The monoisotopic (exact) mass is 316 g/mol. The van der Waals surface area contributed by atoms with E-state index in [0.29, 0.717) is 4.90 Å². The predicted molar refractivity (Wildman–Crippen MR) is 65.1 cm³/mol. The Balaban J connectivity index is 3.23. The van der Waals surface area contributed by atoms with Crippen LogP contribution in [0.15, 0.2) is 6.07 Å². The summed E-state index contributed by atoms with van der Waals surface area (Å²) in [5.41, 5.74) is 0. The molecule has 0 saturated heterocycles. The lowest BCUT2D eigenvalue weighted by molar-refractivity contribution is -0.144. The van der Waals surface area contributed by atoms with E-state index in [2.05, 4.69) is 15.3 Å². The van der Waals surface area contributed by atoms with E-state index in [1.807, 2.05) is 0 Å². The second-order valence-corrected chi connectivity index (χ2v) is 4.09. The minimum atomic E-state index is -4.84. The topological polar surface area (TPSA) is 41.0 Å². The molecule has 0 atom stereocenters. The highest BCUT2D eigenvalue weighted by Crippen LogP contribution is 2.30. The number of halogens is 6. The van der Waals surface area contributed by atoms with E-state index in [-0.39, 0.29) is 18.9 Å². The van der Waals surface area contributed by atoms with Crippen LogP contribution < -0.4 is 10.2 Å². The summed E-state index contributed by atoms with van der Waals surface area (Å²) in [5.74, 6) is -2.07. The summed E-state index contributed by atoms with van der Waals surface area (Å²) in [6.45, 7) is 1.78. The smallest absolute Gasteiger partial charge is 0.370 e. The average Bonchev–Trinajstić information content (AvgIpc) is 2.34. The maximum absolute atomic E-state index is 12.7. The van der Waals surface area contributed by atoms with Gasteiger partial charge in [-0.15, -0.1) is 0 Å². The molecule has 1 aromatic rings. The highest BCUT2D eigenvalue weighted by molar-refractivity contribution is 5.49. The fraction of sp³-hybridized carbons (Fsp3) is 0.636. The van der Waals surface area contributed by atoms with Gasteiger partial charge in [-0.2, -0.15) is 26.3 Å². The van der Waals surface area contributed by atoms with E-state index in [0.717, 1.165) is 6.07 Å². The van der Waals surface area contributed by atoms with Crippen LogP contribution >= 0.6 is 0 Å². The molecule has 10 heteroatoms. The van der Waals surface area contributed by atoms with Crippen molar-refractivity contribution >= 4 is 11.6 Å². The van der Waals surface area contributed by atoms with Gasteiger partial charge in [-0.3, -0.25) is 0 Å². The summed E-state index contributed by atoms with van der Waals surface area (Å²) in [4.78, 5) is 7.15. The molecule has 0 unspecified atom stereocenters. The van der Waals surface area contributed by atoms with Crippen molar-refractivity contribution in [2.24, 2.45) is 0 Å². The van der Waals surface area contributed by atoms with Gasteiger partial charge in [0.1, 0.15) is 18.2 Å². The standard InChI is InChI=1S/C11H14F6N4/c1-3-18-7-5-8(20-9(19-7)11(15,16)17)21(4-2)6-10(12,13)14/h5H,3-4,6H2,1-2H3,(H,18,19,20). The quantitative estimate of drug-likeness (QED) is 0.846. The molecule has 1 heterocycles. The molecule has 21 heavy (non-hydrogen) atoms. The van der Waals surface area contributed by atoms with Crippen molar-refractivity contribution in [2.75, 3.05) is 29.9 Å². The van der Waals surface area contributed by atoms with Crippen LogP contribution in [0.3, 0.4) is 0 Å². The zero-order chi connectivity index (χ0) is 16.3. The maximum atomic E-state index is 12.7. The SMILES string of the molecule is CCNc1cc(N(CC)CC(F)(F)F)nc(C(F)(F)F)n1. The molecule has 0 fully saturated rings. The lowest BCUT2D eigenvalue weighted by atomic mass is 10.4. The van der Waals surface area contributed by atoms with E-state index >= 15 is 0 Å². The molecular formula is C11H14F6N4. The average molecular weight is 316 g/mol. The Morgan fingerprint density at radius 3 is 2.14 bits per heavy atom. The van der Waals surface area contributed by atoms with Gasteiger partial charge in [0.15, 0.2) is 0 Å². The van der Waals surface area contributed by atoms with Crippen molar-refractivity contribution in [3.8, 4) is 0 Å². The number of rotatable bonds is 5. The summed E-state index contributed by atoms with van der Waals surface area (Å²) in [7, 11) is 0. The van der Waals surface area contributed by atoms with Gasteiger partial charge in [-0.05, 0) is 13.8 Å². The minimum Gasteiger partial charge on any atom is -0.370 e. The third-order valence-electron chi connectivity index (χ3n) is 2.40. The second-order valence-electron chi connectivity index (χ2n) is 4.09. The summed E-state index contributed by atoms with van der Waals surface area (Å²) in [5, 5.41) is 2.54. The highest BCUT2D eigenvalue weighted by Gasteiger charge is 2.37. The molecule has 0 saturated carbocycles. The molecule has 0 aliphatic rings. The highest BCUT2D eigenvalue weighted by atomic mass is 19.4. The summed E-state index contributed by atoms with van der Waals surface area (Å²) in [6.07, 6.45) is -9.38. The first-order valence-corrected chi connectivity index (χ1v) is 6.08. The fourth-order valence-corrected chi connectivity index (χ4v) is 1.57. The van der Waals surface area contributed by atoms with Crippen LogP contribution in [0, 0.1) is 0 Å². The number of alkyl halides is 6. The summed E-state index contributed by atoms with van der Waals surface area (Å²) < 4.78 is 75.4. The van der Waals surface area contributed by atoms with Crippen molar-refractivity contribution in [3.05, 3.63) is 11.9 Å². The van der Waals surface area contributed by atoms with E-state index < -0.39 is 30.5 Å². The first-order valence-electron chi connectivity index (χ1n) is 6.08. The van der Waals surface area contributed by atoms with Crippen molar-refractivity contribution in [3.63, 3.8) is 0 Å². The van der Waals surface area contributed by atoms with Crippen LogP contribution in [0.4, 0.5) is 38.0 Å².